The predicted molar refractivity (Wildman–Crippen MR) is 118 cm³/mol. The molecule has 0 radical (unpaired) electrons. The molecule has 0 aliphatic carbocycles. The zero-order chi connectivity index (χ0) is 23.0. The van der Waals surface area contributed by atoms with E-state index in [0.29, 0.717) is 41.8 Å². The minimum absolute atomic E-state index is 0.0448. The lowest BCUT2D eigenvalue weighted by Gasteiger charge is -2.16. The van der Waals surface area contributed by atoms with E-state index in [1.54, 1.807) is 19.1 Å². The summed E-state index contributed by atoms with van der Waals surface area (Å²) in [5.74, 6) is -0.314. The molecule has 2 aromatic heterocycles. The number of aryl methyl sites for hydroxylation is 1. The van der Waals surface area contributed by atoms with Crippen LogP contribution in [0.2, 0.25) is 5.02 Å². The Bertz CT molecular complexity index is 1240. The molecule has 1 aliphatic heterocycles. The lowest BCUT2D eigenvalue weighted by molar-refractivity contribution is -0.141. The Hall–Kier alpha value is -2.92. The minimum atomic E-state index is -4.76. The highest BCUT2D eigenvalue weighted by Gasteiger charge is 2.36. The highest BCUT2D eigenvalue weighted by Crippen LogP contribution is 2.32. The summed E-state index contributed by atoms with van der Waals surface area (Å²) in [6, 6.07) is 7.18. The summed E-state index contributed by atoms with van der Waals surface area (Å²) < 4.78 is 41.7. The van der Waals surface area contributed by atoms with Crippen molar-refractivity contribution in [2.45, 2.75) is 13.1 Å². The van der Waals surface area contributed by atoms with Gasteiger partial charge in [-0.2, -0.15) is 18.3 Å². The number of amides is 1. The second kappa shape index (κ2) is 8.55. The Balaban J connectivity index is 1.80. The average Bonchev–Trinajstić information content (AvgIpc) is 3.40. The third-order valence-corrected chi connectivity index (χ3v) is 5.39. The van der Waals surface area contributed by atoms with Crippen molar-refractivity contribution in [3.8, 4) is 5.82 Å². The molecule has 166 valence electrons. The smallest absolute Gasteiger partial charge is 0.368 e. The molecule has 0 saturated carbocycles. The first kappa shape index (κ1) is 22.3. The van der Waals surface area contributed by atoms with Crippen LogP contribution in [0.5, 0.6) is 0 Å². The molecule has 0 atom stereocenters. The van der Waals surface area contributed by atoms with Gasteiger partial charge < -0.3 is 10.6 Å². The van der Waals surface area contributed by atoms with Crippen LogP contribution in [0.15, 0.2) is 46.0 Å². The van der Waals surface area contributed by atoms with Crippen LogP contribution in [-0.4, -0.2) is 39.6 Å². The molecule has 3 heterocycles. The van der Waals surface area contributed by atoms with Crippen molar-refractivity contribution in [3.63, 3.8) is 0 Å². The Kier molecular flexibility index (Phi) is 5.95. The second-order valence-corrected chi connectivity index (χ2v) is 8.21. The van der Waals surface area contributed by atoms with Gasteiger partial charge in [0.15, 0.2) is 11.5 Å². The molecule has 0 spiro atoms. The van der Waals surface area contributed by atoms with E-state index in [0.717, 1.165) is 9.15 Å². The maximum absolute atomic E-state index is 13.4. The van der Waals surface area contributed by atoms with E-state index in [4.69, 9.17) is 11.6 Å². The molecule has 1 aliphatic rings. The van der Waals surface area contributed by atoms with Gasteiger partial charge in [-0.25, -0.2) is 9.67 Å². The van der Waals surface area contributed by atoms with Gasteiger partial charge in [0.1, 0.15) is 11.5 Å². The van der Waals surface area contributed by atoms with Gasteiger partial charge in [0.2, 0.25) is 0 Å². The SMILES string of the molecule is Cc1cc(Br)cc(C2=NCCN2)c1NC(=O)c1cc(C(F)(F)F)nn1-c1ncccc1Cl. The molecule has 2 N–H and O–H groups in total. The van der Waals surface area contributed by atoms with Crippen LogP contribution >= 0.6 is 27.5 Å². The van der Waals surface area contributed by atoms with Gasteiger partial charge in [-0.15, -0.1) is 0 Å². The van der Waals surface area contributed by atoms with Gasteiger partial charge in [-0.3, -0.25) is 9.79 Å². The number of benzene rings is 1. The summed E-state index contributed by atoms with van der Waals surface area (Å²) in [7, 11) is 0. The summed E-state index contributed by atoms with van der Waals surface area (Å²) in [6.45, 7) is 3.00. The predicted octanol–water partition coefficient (Wildman–Crippen LogP) is 4.61. The number of amidine groups is 1. The number of nitrogens with zero attached hydrogens (tertiary/aromatic N) is 4. The van der Waals surface area contributed by atoms with E-state index in [9.17, 15) is 18.0 Å². The largest absolute Gasteiger partial charge is 0.435 e. The molecule has 7 nitrogen and oxygen atoms in total. The van der Waals surface area contributed by atoms with E-state index in [2.05, 4.69) is 41.6 Å². The van der Waals surface area contributed by atoms with Crippen molar-refractivity contribution in [1.82, 2.24) is 20.1 Å². The first-order valence-corrected chi connectivity index (χ1v) is 10.5. The first-order valence-electron chi connectivity index (χ1n) is 9.33. The van der Waals surface area contributed by atoms with Gasteiger partial charge in [0.05, 0.1) is 17.3 Å². The molecule has 0 saturated heterocycles. The van der Waals surface area contributed by atoms with Crippen molar-refractivity contribution < 1.29 is 18.0 Å². The standard InChI is InChI=1S/C20H15BrClF3N6O/c1-10-7-11(21)8-12(17-26-5-6-27-17)16(10)29-19(32)14-9-15(20(23,24)25)30-31(14)18-13(22)3-2-4-28-18/h2-4,7-9H,5-6H2,1H3,(H,26,27)(H,29,32). The van der Waals surface area contributed by atoms with Crippen molar-refractivity contribution >= 4 is 45.0 Å². The van der Waals surface area contributed by atoms with Crippen molar-refractivity contribution in [2.75, 3.05) is 18.4 Å². The lowest BCUT2D eigenvalue weighted by atomic mass is 10.1. The third-order valence-electron chi connectivity index (χ3n) is 4.64. The van der Waals surface area contributed by atoms with E-state index in [1.807, 2.05) is 0 Å². The second-order valence-electron chi connectivity index (χ2n) is 6.89. The normalized spacial score (nSPS) is 13.6. The Morgan fingerprint density at radius 1 is 1.31 bits per heavy atom. The number of nitrogens with one attached hydrogen (secondary N) is 2. The molecule has 1 amide bonds. The van der Waals surface area contributed by atoms with Gasteiger partial charge in [-0.1, -0.05) is 27.5 Å². The van der Waals surface area contributed by atoms with Gasteiger partial charge >= 0.3 is 6.18 Å². The Morgan fingerprint density at radius 2 is 2.09 bits per heavy atom. The van der Waals surface area contributed by atoms with E-state index >= 15 is 0 Å². The zero-order valence-corrected chi connectivity index (χ0v) is 18.8. The third kappa shape index (κ3) is 4.35. The number of aliphatic imine (C=N–C) groups is 1. The van der Waals surface area contributed by atoms with Crippen molar-refractivity contribution in [1.29, 1.82) is 0 Å². The summed E-state index contributed by atoms with van der Waals surface area (Å²) >= 11 is 9.53. The molecular formula is C20H15BrClF3N6O. The number of aromatic nitrogens is 3. The van der Waals surface area contributed by atoms with Crippen molar-refractivity contribution in [2.24, 2.45) is 4.99 Å². The molecule has 4 rings (SSSR count). The molecule has 0 fully saturated rings. The monoisotopic (exact) mass is 526 g/mol. The summed E-state index contributed by atoms with van der Waals surface area (Å²) in [5.41, 5.74) is 0.115. The van der Waals surface area contributed by atoms with Crippen LogP contribution in [0.4, 0.5) is 18.9 Å². The first-order chi connectivity index (χ1) is 15.1. The number of alkyl halides is 3. The van der Waals surface area contributed by atoms with Gasteiger partial charge in [0, 0.05) is 28.8 Å². The zero-order valence-electron chi connectivity index (χ0n) is 16.5. The molecule has 32 heavy (non-hydrogen) atoms. The maximum Gasteiger partial charge on any atom is 0.435 e. The van der Waals surface area contributed by atoms with E-state index < -0.39 is 17.8 Å². The quantitative estimate of drug-likeness (QED) is 0.519. The van der Waals surface area contributed by atoms with E-state index in [-0.39, 0.29) is 16.5 Å². The summed E-state index contributed by atoms with van der Waals surface area (Å²) in [4.78, 5) is 21.6. The number of anilines is 1. The number of hydrogen-bond acceptors (Lipinski definition) is 5. The number of carbonyl (C=O) groups is 1. The number of halogens is 5. The fourth-order valence-corrected chi connectivity index (χ4v) is 4.00. The van der Waals surface area contributed by atoms with Crippen molar-refractivity contribution in [3.05, 3.63) is 68.5 Å². The number of rotatable bonds is 4. The summed E-state index contributed by atoms with van der Waals surface area (Å²) in [6.07, 6.45) is -3.42. The van der Waals surface area contributed by atoms with Crippen LogP contribution < -0.4 is 10.6 Å². The fraction of sp³-hybridized carbons (Fsp3) is 0.200. The van der Waals surface area contributed by atoms with E-state index in [1.165, 1.54) is 18.3 Å². The Labute approximate surface area is 193 Å². The van der Waals surface area contributed by atoms with Gasteiger partial charge in [-0.05, 0) is 36.8 Å². The maximum atomic E-state index is 13.4. The van der Waals surface area contributed by atoms with Crippen LogP contribution in [-0.2, 0) is 6.18 Å². The van der Waals surface area contributed by atoms with Crippen LogP contribution in [0.3, 0.4) is 0 Å². The summed E-state index contributed by atoms with van der Waals surface area (Å²) in [5, 5.41) is 9.44. The fourth-order valence-electron chi connectivity index (χ4n) is 3.23. The van der Waals surface area contributed by atoms with Crippen LogP contribution in [0.1, 0.15) is 27.3 Å². The average molecular weight is 528 g/mol. The molecular weight excluding hydrogens is 513 g/mol. The Morgan fingerprint density at radius 3 is 2.75 bits per heavy atom. The van der Waals surface area contributed by atoms with Crippen LogP contribution in [0, 0.1) is 6.92 Å². The minimum Gasteiger partial charge on any atom is -0.368 e. The highest BCUT2D eigenvalue weighted by molar-refractivity contribution is 9.10. The molecule has 0 bridgehead atoms. The van der Waals surface area contributed by atoms with Gasteiger partial charge in [0.25, 0.3) is 5.91 Å². The lowest BCUT2D eigenvalue weighted by Crippen LogP contribution is -2.24. The molecule has 1 aromatic carbocycles. The molecule has 3 aromatic rings. The number of pyridine rings is 1. The van der Waals surface area contributed by atoms with Crippen LogP contribution in [0.25, 0.3) is 5.82 Å². The highest BCUT2D eigenvalue weighted by atomic mass is 79.9. The topological polar surface area (TPSA) is 84.2 Å². The number of carbonyl (C=O) groups excluding carboxylic acids is 1. The molecule has 0 unspecified atom stereocenters. The molecule has 12 heteroatoms. The number of hydrogen-bond donors (Lipinski definition) is 2.